The number of carbonyl (C=O) groups excluding carboxylic acids is 1. The Balaban J connectivity index is 2.02. The first-order valence-corrected chi connectivity index (χ1v) is 11.5. The highest BCUT2D eigenvalue weighted by Crippen LogP contribution is 2.33. The standard InChI is InChI=1S/C21H27BrN2O4S/c1-14(2)24-29(26,27)17-9-7-16(8-10-17)23-20(25)13-28-19-11-6-15(22)12-18(19)21(3,4)5/h6-12,14,24H,13H2,1-5H3,(H,23,25). The number of carbonyl (C=O) groups is 1. The van der Waals surface area contributed by atoms with Crippen LogP contribution in [0.15, 0.2) is 51.8 Å². The van der Waals surface area contributed by atoms with Crippen LogP contribution in [0, 0.1) is 0 Å². The van der Waals surface area contributed by atoms with Gasteiger partial charge in [0, 0.05) is 21.8 Å². The first-order valence-electron chi connectivity index (χ1n) is 9.23. The fourth-order valence-electron chi connectivity index (χ4n) is 2.65. The van der Waals surface area contributed by atoms with E-state index in [1.807, 2.05) is 18.2 Å². The van der Waals surface area contributed by atoms with E-state index in [0.717, 1.165) is 10.0 Å². The maximum absolute atomic E-state index is 12.3. The van der Waals surface area contributed by atoms with Crippen molar-refractivity contribution in [2.75, 3.05) is 11.9 Å². The molecule has 29 heavy (non-hydrogen) atoms. The van der Waals surface area contributed by atoms with E-state index >= 15 is 0 Å². The van der Waals surface area contributed by atoms with Gasteiger partial charge in [0.2, 0.25) is 10.0 Å². The second-order valence-electron chi connectivity index (χ2n) is 8.03. The van der Waals surface area contributed by atoms with Crippen molar-refractivity contribution in [2.24, 2.45) is 0 Å². The van der Waals surface area contributed by atoms with E-state index in [4.69, 9.17) is 4.74 Å². The molecule has 0 fully saturated rings. The summed E-state index contributed by atoms with van der Waals surface area (Å²) in [5.74, 6) is 0.320. The zero-order chi connectivity index (χ0) is 21.8. The second-order valence-corrected chi connectivity index (χ2v) is 10.7. The molecule has 0 aliphatic carbocycles. The molecule has 0 saturated carbocycles. The highest BCUT2D eigenvalue weighted by atomic mass is 79.9. The molecular weight excluding hydrogens is 456 g/mol. The van der Waals surface area contributed by atoms with Crippen LogP contribution >= 0.6 is 15.9 Å². The van der Waals surface area contributed by atoms with Crippen molar-refractivity contribution in [1.29, 1.82) is 0 Å². The van der Waals surface area contributed by atoms with Crippen LogP contribution in [0.4, 0.5) is 5.69 Å². The Bertz CT molecular complexity index is 965. The summed E-state index contributed by atoms with van der Waals surface area (Å²) in [6, 6.07) is 11.5. The molecule has 0 aliphatic heterocycles. The summed E-state index contributed by atoms with van der Waals surface area (Å²) in [6.45, 7) is 9.58. The summed E-state index contributed by atoms with van der Waals surface area (Å²) < 4.78 is 33.5. The van der Waals surface area contributed by atoms with Crippen molar-refractivity contribution in [2.45, 2.75) is 51.0 Å². The molecule has 0 atom stereocenters. The molecule has 2 rings (SSSR count). The number of hydrogen-bond donors (Lipinski definition) is 2. The van der Waals surface area contributed by atoms with E-state index in [9.17, 15) is 13.2 Å². The largest absolute Gasteiger partial charge is 0.483 e. The fraction of sp³-hybridized carbons (Fsp3) is 0.381. The molecule has 2 aromatic rings. The van der Waals surface area contributed by atoms with E-state index in [0.29, 0.717) is 11.4 Å². The minimum atomic E-state index is -3.56. The van der Waals surface area contributed by atoms with Crippen molar-refractivity contribution < 1.29 is 17.9 Å². The number of ether oxygens (including phenoxy) is 1. The van der Waals surface area contributed by atoms with Crippen molar-refractivity contribution >= 4 is 37.5 Å². The van der Waals surface area contributed by atoms with Crippen LogP contribution in [-0.4, -0.2) is 27.0 Å². The topological polar surface area (TPSA) is 84.5 Å². The smallest absolute Gasteiger partial charge is 0.262 e. The Morgan fingerprint density at radius 3 is 2.28 bits per heavy atom. The molecule has 6 nitrogen and oxygen atoms in total. The number of nitrogens with one attached hydrogen (secondary N) is 2. The van der Waals surface area contributed by atoms with Crippen molar-refractivity contribution in [3.63, 3.8) is 0 Å². The molecular formula is C21H27BrN2O4S. The van der Waals surface area contributed by atoms with Gasteiger partial charge in [-0.2, -0.15) is 0 Å². The summed E-state index contributed by atoms with van der Waals surface area (Å²) in [5, 5.41) is 2.71. The van der Waals surface area contributed by atoms with E-state index < -0.39 is 10.0 Å². The zero-order valence-electron chi connectivity index (χ0n) is 17.2. The Morgan fingerprint density at radius 1 is 1.10 bits per heavy atom. The molecule has 158 valence electrons. The summed E-state index contributed by atoms with van der Waals surface area (Å²) in [7, 11) is -3.56. The average Bonchev–Trinajstić information content (AvgIpc) is 2.59. The minimum Gasteiger partial charge on any atom is -0.483 e. The molecule has 0 spiro atoms. The van der Waals surface area contributed by atoms with Crippen LogP contribution in [0.3, 0.4) is 0 Å². The monoisotopic (exact) mass is 482 g/mol. The lowest BCUT2D eigenvalue weighted by Crippen LogP contribution is -2.30. The van der Waals surface area contributed by atoms with Crippen LogP contribution in [0.2, 0.25) is 0 Å². The normalized spacial score (nSPS) is 12.1. The molecule has 0 saturated heterocycles. The van der Waals surface area contributed by atoms with Crippen LogP contribution in [0.1, 0.15) is 40.2 Å². The lowest BCUT2D eigenvalue weighted by atomic mass is 9.86. The molecule has 0 aliphatic rings. The molecule has 0 aromatic heterocycles. The molecule has 2 N–H and O–H groups in total. The van der Waals surface area contributed by atoms with Crippen molar-refractivity contribution in [3.05, 3.63) is 52.5 Å². The highest BCUT2D eigenvalue weighted by molar-refractivity contribution is 9.10. The number of anilines is 1. The SMILES string of the molecule is CC(C)NS(=O)(=O)c1ccc(NC(=O)COc2ccc(Br)cc2C(C)(C)C)cc1. The van der Waals surface area contributed by atoms with Crippen molar-refractivity contribution in [3.8, 4) is 5.75 Å². The quantitative estimate of drug-likeness (QED) is 0.610. The maximum Gasteiger partial charge on any atom is 0.262 e. The van der Waals surface area contributed by atoms with Crippen molar-refractivity contribution in [1.82, 2.24) is 4.72 Å². The van der Waals surface area contributed by atoms with Gasteiger partial charge < -0.3 is 10.1 Å². The lowest BCUT2D eigenvalue weighted by Gasteiger charge is -2.23. The molecule has 1 amide bonds. The Kier molecular flexibility index (Phi) is 7.48. The Morgan fingerprint density at radius 2 is 1.72 bits per heavy atom. The Hall–Kier alpha value is -1.90. The first kappa shape index (κ1) is 23.4. The molecule has 0 radical (unpaired) electrons. The van der Waals surface area contributed by atoms with Gasteiger partial charge in [-0.05, 0) is 61.7 Å². The summed E-state index contributed by atoms with van der Waals surface area (Å²) in [6.07, 6.45) is 0. The third-order valence-corrected chi connectivity index (χ3v) is 6.12. The van der Waals surface area contributed by atoms with Gasteiger partial charge in [-0.1, -0.05) is 36.7 Å². The van der Waals surface area contributed by atoms with Crippen LogP contribution < -0.4 is 14.8 Å². The molecule has 8 heteroatoms. The molecule has 0 bridgehead atoms. The molecule has 0 unspecified atom stereocenters. The van der Waals surface area contributed by atoms with Gasteiger partial charge in [-0.3, -0.25) is 4.79 Å². The van der Waals surface area contributed by atoms with Crippen LogP contribution in [0.5, 0.6) is 5.75 Å². The van der Waals surface area contributed by atoms with Gasteiger partial charge in [0.1, 0.15) is 5.75 Å². The second kappa shape index (κ2) is 9.28. The fourth-order valence-corrected chi connectivity index (χ4v) is 4.26. The summed E-state index contributed by atoms with van der Waals surface area (Å²) >= 11 is 3.46. The van der Waals surface area contributed by atoms with Gasteiger partial charge in [0.25, 0.3) is 5.91 Å². The highest BCUT2D eigenvalue weighted by Gasteiger charge is 2.20. The van der Waals surface area contributed by atoms with Gasteiger partial charge in [0.05, 0.1) is 4.90 Å². The summed E-state index contributed by atoms with van der Waals surface area (Å²) in [4.78, 5) is 12.4. The van der Waals surface area contributed by atoms with Gasteiger partial charge >= 0.3 is 0 Å². The Labute approximate surface area is 181 Å². The number of hydrogen-bond acceptors (Lipinski definition) is 4. The number of halogens is 1. The lowest BCUT2D eigenvalue weighted by molar-refractivity contribution is -0.118. The third kappa shape index (κ3) is 6.83. The molecule has 2 aromatic carbocycles. The summed E-state index contributed by atoms with van der Waals surface area (Å²) in [5.41, 5.74) is 1.35. The predicted octanol–water partition coefficient (Wildman–Crippen LogP) is 4.45. The van der Waals surface area contributed by atoms with E-state index in [2.05, 4.69) is 46.7 Å². The van der Waals surface area contributed by atoms with Crippen LogP contribution in [-0.2, 0) is 20.2 Å². The van der Waals surface area contributed by atoms with E-state index in [1.54, 1.807) is 26.0 Å². The number of rotatable bonds is 7. The van der Waals surface area contributed by atoms with Crippen LogP contribution in [0.25, 0.3) is 0 Å². The zero-order valence-corrected chi connectivity index (χ0v) is 19.6. The maximum atomic E-state index is 12.3. The van der Waals surface area contributed by atoms with Gasteiger partial charge in [-0.15, -0.1) is 0 Å². The molecule has 0 heterocycles. The van der Waals surface area contributed by atoms with Gasteiger partial charge in [-0.25, -0.2) is 13.1 Å². The minimum absolute atomic E-state index is 0.138. The number of benzene rings is 2. The number of amides is 1. The average molecular weight is 483 g/mol. The first-order chi connectivity index (χ1) is 13.4. The van der Waals surface area contributed by atoms with E-state index in [1.165, 1.54) is 12.1 Å². The van der Waals surface area contributed by atoms with E-state index in [-0.39, 0.29) is 28.9 Å². The number of sulfonamides is 1. The third-order valence-electron chi connectivity index (χ3n) is 3.95. The van der Waals surface area contributed by atoms with Gasteiger partial charge in [0.15, 0.2) is 6.61 Å². The predicted molar refractivity (Wildman–Crippen MR) is 119 cm³/mol.